The number of hydrogen-bond donors (Lipinski definition) is 1. The van der Waals surface area contributed by atoms with Crippen LogP contribution in [0.5, 0.6) is 0 Å². The van der Waals surface area contributed by atoms with Crippen LogP contribution in [0.1, 0.15) is 162 Å². The van der Waals surface area contributed by atoms with E-state index in [4.69, 9.17) is 4.74 Å². The van der Waals surface area contributed by atoms with Gasteiger partial charge in [0, 0.05) is 18.3 Å². The van der Waals surface area contributed by atoms with E-state index < -0.39 is 5.97 Å². The minimum atomic E-state index is -0.618. The third-order valence-corrected chi connectivity index (χ3v) is 12.3. The molecule has 4 rings (SSSR count). The zero-order valence-corrected chi connectivity index (χ0v) is 27.1. The standard InChI is InChI=1S/C37H60O5/c1-4-5-12-15-27(35(40)41)16-13-10-8-6-7-9-11-14-17-34(39)42-33-21-20-31-30-19-18-28-26-29(38)22-24-36(28,2)32(30)23-25-37(31,33)3/h26-27,30-33H,4-25H2,1-3H3,(H,40,41)/t27?,30?,31?,32?,33-,36-,37-/m0/s1. The second-order valence-corrected chi connectivity index (χ2v) is 15.0. The summed E-state index contributed by atoms with van der Waals surface area (Å²) >= 11 is 0. The van der Waals surface area contributed by atoms with Gasteiger partial charge in [0.25, 0.3) is 0 Å². The smallest absolute Gasteiger partial charge is 0.306 e. The number of fused-ring (bicyclic) bond motifs is 5. The Morgan fingerprint density at radius 2 is 1.52 bits per heavy atom. The second-order valence-electron chi connectivity index (χ2n) is 15.0. The number of carbonyl (C=O) groups excluding carboxylic acids is 2. The Balaban J connectivity index is 1.09. The maximum absolute atomic E-state index is 12.9. The van der Waals surface area contributed by atoms with Crippen molar-refractivity contribution >= 4 is 17.7 Å². The molecule has 0 aromatic heterocycles. The number of unbranched alkanes of at least 4 members (excludes halogenated alkanes) is 9. The number of carbonyl (C=O) groups is 3. The molecule has 4 aliphatic rings. The summed E-state index contributed by atoms with van der Waals surface area (Å²) in [4.78, 5) is 36.4. The van der Waals surface area contributed by atoms with Crippen LogP contribution in [0, 0.1) is 34.5 Å². The van der Waals surface area contributed by atoms with Crippen LogP contribution in [0.15, 0.2) is 11.6 Å². The van der Waals surface area contributed by atoms with Crippen LogP contribution >= 0.6 is 0 Å². The predicted octanol–water partition coefficient (Wildman–Crippen LogP) is 9.61. The van der Waals surface area contributed by atoms with Crippen LogP contribution in [0.4, 0.5) is 0 Å². The first-order valence-corrected chi connectivity index (χ1v) is 17.8. The fourth-order valence-corrected chi connectivity index (χ4v) is 9.68. The molecular weight excluding hydrogens is 524 g/mol. The van der Waals surface area contributed by atoms with Crippen molar-refractivity contribution < 1.29 is 24.2 Å². The third kappa shape index (κ3) is 7.89. The Labute approximate surface area is 256 Å². The highest BCUT2D eigenvalue weighted by Gasteiger charge is 2.59. The largest absolute Gasteiger partial charge is 0.481 e. The molecule has 5 heteroatoms. The van der Waals surface area contributed by atoms with Crippen molar-refractivity contribution in [2.24, 2.45) is 34.5 Å². The molecule has 4 unspecified atom stereocenters. The monoisotopic (exact) mass is 584 g/mol. The van der Waals surface area contributed by atoms with Gasteiger partial charge in [-0.3, -0.25) is 14.4 Å². The van der Waals surface area contributed by atoms with Crippen molar-refractivity contribution in [2.45, 2.75) is 168 Å². The van der Waals surface area contributed by atoms with E-state index in [0.29, 0.717) is 36.4 Å². The van der Waals surface area contributed by atoms with Crippen molar-refractivity contribution in [3.05, 3.63) is 11.6 Å². The maximum Gasteiger partial charge on any atom is 0.306 e. The van der Waals surface area contributed by atoms with Gasteiger partial charge in [-0.05, 0) is 93.5 Å². The van der Waals surface area contributed by atoms with Crippen molar-refractivity contribution in [1.29, 1.82) is 0 Å². The predicted molar refractivity (Wildman–Crippen MR) is 168 cm³/mol. The molecule has 0 aromatic carbocycles. The first-order valence-electron chi connectivity index (χ1n) is 17.8. The van der Waals surface area contributed by atoms with Gasteiger partial charge in [0.2, 0.25) is 0 Å². The molecule has 0 radical (unpaired) electrons. The highest BCUT2D eigenvalue weighted by molar-refractivity contribution is 5.91. The van der Waals surface area contributed by atoms with Crippen molar-refractivity contribution in [3.8, 4) is 0 Å². The first-order chi connectivity index (χ1) is 20.2. The molecule has 0 aromatic rings. The maximum atomic E-state index is 12.9. The number of rotatable bonds is 17. The van der Waals surface area contributed by atoms with Gasteiger partial charge in [-0.25, -0.2) is 0 Å². The Morgan fingerprint density at radius 3 is 2.21 bits per heavy atom. The third-order valence-electron chi connectivity index (χ3n) is 12.3. The van der Waals surface area contributed by atoms with Gasteiger partial charge in [-0.2, -0.15) is 0 Å². The Hall–Kier alpha value is -1.65. The molecule has 0 amide bonds. The van der Waals surface area contributed by atoms with Gasteiger partial charge in [0.1, 0.15) is 6.10 Å². The summed E-state index contributed by atoms with van der Waals surface area (Å²) in [5, 5.41) is 9.43. The van der Waals surface area contributed by atoms with E-state index in [1.54, 1.807) is 0 Å². The van der Waals surface area contributed by atoms with E-state index in [2.05, 4.69) is 20.8 Å². The number of carboxylic acids is 1. The summed E-state index contributed by atoms with van der Waals surface area (Å²) < 4.78 is 6.21. The molecule has 0 saturated heterocycles. The van der Waals surface area contributed by atoms with Crippen molar-refractivity contribution in [1.82, 2.24) is 0 Å². The molecule has 7 atom stereocenters. The zero-order chi connectivity index (χ0) is 30.2. The molecule has 4 aliphatic carbocycles. The average molecular weight is 585 g/mol. The van der Waals surface area contributed by atoms with E-state index in [-0.39, 0.29) is 28.8 Å². The first kappa shape index (κ1) is 33.2. The molecule has 5 nitrogen and oxygen atoms in total. The molecule has 3 fully saturated rings. The van der Waals surface area contributed by atoms with Gasteiger partial charge < -0.3 is 9.84 Å². The van der Waals surface area contributed by atoms with Gasteiger partial charge in [-0.1, -0.05) is 90.6 Å². The average Bonchev–Trinajstić information content (AvgIpc) is 3.29. The molecule has 0 aliphatic heterocycles. The number of ketones is 1. The normalized spacial score (nSPS) is 32.8. The van der Waals surface area contributed by atoms with Crippen LogP contribution in [-0.2, 0) is 19.1 Å². The fourth-order valence-electron chi connectivity index (χ4n) is 9.68. The summed E-state index contributed by atoms with van der Waals surface area (Å²) in [5.74, 6) is 1.57. The van der Waals surface area contributed by atoms with E-state index in [0.717, 1.165) is 89.9 Å². The minimum absolute atomic E-state index is 0.00235. The quantitative estimate of drug-likeness (QED) is 0.136. The zero-order valence-electron chi connectivity index (χ0n) is 27.1. The molecule has 0 spiro atoms. The van der Waals surface area contributed by atoms with E-state index in [9.17, 15) is 19.5 Å². The van der Waals surface area contributed by atoms with Crippen LogP contribution in [0.2, 0.25) is 0 Å². The van der Waals surface area contributed by atoms with Gasteiger partial charge in [0.15, 0.2) is 5.78 Å². The number of aliphatic carboxylic acids is 1. The fraction of sp³-hybridized carbons (Fsp3) is 0.865. The molecule has 0 heterocycles. The molecular formula is C37H60O5. The number of allylic oxidation sites excluding steroid dienone is 1. The van der Waals surface area contributed by atoms with Gasteiger partial charge in [-0.15, -0.1) is 0 Å². The Kier molecular flexibility index (Phi) is 12.2. The summed E-state index contributed by atoms with van der Waals surface area (Å²) in [6.07, 6.45) is 25.0. The number of esters is 1. The highest BCUT2D eigenvalue weighted by atomic mass is 16.5. The number of ether oxygens (including phenoxy) is 1. The topological polar surface area (TPSA) is 80.7 Å². The highest BCUT2D eigenvalue weighted by Crippen LogP contribution is 2.65. The SMILES string of the molecule is CCCCCC(CCCCCCCCCCC(=O)O[C@H]1CCC2C3CCC4=CC(=O)CC[C@]4(C)C3CC[C@@]21C)C(=O)O. The van der Waals surface area contributed by atoms with E-state index >= 15 is 0 Å². The second kappa shape index (κ2) is 15.4. The number of hydrogen-bond acceptors (Lipinski definition) is 4. The summed E-state index contributed by atoms with van der Waals surface area (Å²) in [7, 11) is 0. The molecule has 238 valence electrons. The molecule has 0 bridgehead atoms. The van der Waals surface area contributed by atoms with Gasteiger partial charge >= 0.3 is 11.9 Å². The van der Waals surface area contributed by atoms with Crippen molar-refractivity contribution in [2.75, 3.05) is 0 Å². The lowest BCUT2D eigenvalue weighted by molar-refractivity contribution is -0.160. The lowest BCUT2D eigenvalue weighted by Crippen LogP contribution is -2.51. The Morgan fingerprint density at radius 1 is 0.857 bits per heavy atom. The van der Waals surface area contributed by atoms with Crippen molar-refractivity contribution in [3.63, 3.8) is 0 Å². The van der Waals surface area contributed by atoms with Crippen LogP contribution < -0.4 is 0 Å². The lowest BCUT2D eigenvalue weighted by Gasteiger charge is -2.57. The van der Waals surface area contributed by atoms with Crippen LogP contribution in [0.25, 0.3) is 0 Å². The molecule has 3 saturated carbocycles. The van der Waals surface area contributed by atoms with Crippen LogP contribution in [-0.4, -0.2) is 28.9 Å². The van der Waals surface area contributed by atoms with Gasteiger partial charge in [0.05, 0.1) is 5.92 Å². The Bertz CT molecular complexity index is 954. The molecule has 42 heavy (non-hydrogen) atoms. The molecule has 1 N–H and O–H groups in total. The summed E-state index contributed by atoms with van der Waals surface area (Å²) in [6.45, 7) is 7.00. The summed E-state index contributed by atoms with van der Waals surface area (Å²) in [5.41, 5.74) is 1.73. The number of carboxylic acid groups (broad SMARTS) is 1. The van der Waals surface area contributed by atoms with E-state index in [1.807, 2.05) is 6.08 Å². The van der Waals surface area contributed by atoms with Crippen LogP contribution in [0.3, 0.4) is 0 Å². The minimum Gasteiger partial charge on any atom is -0.481 e. The van der Waals surface area contributed by atoms with E-state index in [1.165, 1.54) is 44.1 Å². The lowest BCUT2D eigenvalue weighted by atomic mass is 9.47. The summed E-state index contributed by atoms with van der Waals surface area (Å²) in [6, 6.07) is 0.